The van der Waals surface area contributed by atoms with Crippen LogP contribution in [0.3, 0.4) is 0 Å². The van der Waals surface area contributed by atoms with Crippen LogP contribution < -0.4 is 16.6 Å². The molecule has 0 aliphatic heterocycles. The number of nitrogens with zero attached hydrogens (tertiary/aromatic N) is 1. The topological polar surface area (TPSA) is 66.9 Å². The van der Waals surface area contributed by atoms with E-state index in [2.05, 4.69) is 10.3 Å². The van der Waals surface area contributed by atoms with Gasteiger partial charge in [-0.2, -0.15) is 0 Å². The number of rotatable bonds is 2. The van der Waals surface area contributed by atoms with E-state index in [1.54, 1.807) is 6.92 Å². The molecule has 0 aliphatic carbocycles. The molecule has 0 saturated heterocycles. The molecule has 2 rings (SSSR count). The summed E-state index contributed by atoms with van der Waals surface area (Å²) in [4.78, 5) is 25.2. The van der Waals surface area contributed by atoms with Crippen LogP contribution in [0.25, 0.3) is 5.69 Å². The zero-order valence-corrected chi connectivity index (χ0v) is 9.65. The van der Waals surface area contributed by atoms with E-state index in [0.29, 0.717) is 11.3 Å². The minimum atomic E-state index is -0.433. The number of anilines is 1. The van der Waals surface area contributed by atoms with Crippen molar-refractivity contribution in [2.45, 2.75) is 6.92 Å². The highest BCUT2D eigenvalue weighted by atomic mass is 16.2. The molecule has 88 valence electrons. The van der Waals surface area contributed by atoms with E-state index in [1.807, 2.05) is 31.3 Å². The average molecular weight is 231 g/mol. The minimum Gasteiger partial charge on any atom is -0.388 e. The Kier molecular flexibility index (Phi) is 2.82. The molecule has 0 amide bonds. The molecule has 0 atom stereocenters. The lowest BCUT2D eigenvalue weighted by Crippen LogP contribution is -2.29. The van der Waals surface area contributed by atoms with Crippen molar-refractivity contribution in [1.82, 2.24) is 9.55 Å². The number of hydrogen-bond acceptors (Lipinski definition) is 3. The van der Waals surface area contributed by atoms with Gasteiger partial charge in [-0.15, -0.1) is 0 Å². The molecule has 1 heterocycles. The summed E-state index contributed by atoms with van der Waals surface area (Å²) < 4.78 is 1.41. The predicted octanol–water partition coefficient (Wildman–Crippen LogP) is 0.876. The molecule has 0 aliphatic rings. The molecule has 2 N–H and O–H groups in total. The standard InChI is InChI=1S/C12H13N3O2/c1-8-7-15(12(17)14-11(8)16)10-5-3-9(13-2)4-6-10/h3-7,13H,1-2H3,(H,14,16,17). The Balaban J connectivity index is 2.56. The van der Waals surface area contributed by atoms with Crippen LogP contribution in [0.4, 0.5) is 5.69 Å². The number of hydrogen-bond donors (Lipinski definition) is 2. The third kappa shape index (κ3) is 2.13. The summed E-state index contributed by atoms with van der Waals surface area (Å²) in [6, 6.07) is 7.35. The van der Waals surface area contributed by atoms with Crippen molar-refractivity contribution < 1.29 is 0 Å². The van der Waals surface area contributed by atoms with Gasteiger partial charge in [-0.05, 0) is 31.2 Å². The number of H-pyrrole nitrogens is 1. The van der Waals surface area contributed by atoms with E-state index in [1.165, 1.54) is 10.8 Å². The van der Waals surface area contributed by atoms with E-state index in [9.17, 15) is 9.59 Å². The van der Waals surface area contributed by atoms with Gasteiger partial charge in [0.2, 0.25) is 0 Å². The Hall–Kier alpha value is -2.30. The van der Waals surface area contributed by atoms with Gasteiger partial charge in [0.1, 0.15) is 0 Å². The van der Waals surface area contributed by atoms with Crippen molar-refractivity contribution in [2.24, 2.45) is 0 Å². The second-order valence-electron chi connectivity index (χ2n) is 3.74. The average Bonchev–Trinajstić information content (AvgIpc) is 2.34. The molecular weight excluding hydrogens is 218 g/mol. The van der Waals surface area contributed by atoms with Gasteiger partial charge in [0.25, 0.3) is 5.56 Å². The maximum absolute atomic E-state index is 11.6. The fourth-order valence-electron chi connectivity index (χ4n) is 1.55. The van der Waals surface area contributed by atoms with Crippen LogP contribution in [0, 0.1) is 6.92 Å². The van der Waals surface area contributed by atoms with Crippen LogP contribution in [0.1, 0.15) is 5.56 Å². The Morgan fingerprint density at radius 1 is 1.18 bits per heavy atom. The zero-order valence-electron chi connectivity index (χ0n) is 9.65. The summed E-state index contributed by atoms with van der Waals surface area (Å²) in [5.74, 6) is 0. The SMILES string of the molecule is CNc1ccc(-n2cc(C)c(=O)[nH]c2=O)cc1. The smallest absolute Gasteiger partial charge is 0.332 e. The summed E-state index contributed by atoms with van der Waals surface area (Å²) in [6.07, 6.45) is 1.54. The molecule has 0 spiro atoms. The van der Waals surface area contributed by atoms with Crippen molar-refractivity contribution in [1.29, 1.82) is 0 Å². The van der Waals surface area contributed by atoms with E-state index < -0.39 is 5.69 Å². The van der Waals surface area contributed by atoms with Crippen molar-refractivity contribution in [3.63, 3.8) is 0 Å². The molecule has 1 aromatic carbocycles. The number of aromatic amines is 1. The number of benzene rings is 1. The number of nitrogens with one attached hydrogen (secondary N) is 2. The first kappa shape index (κ1) is 11.2. The van der Waals surface area contributed by atoms with E-state index in [4.69, 9.17) is 0 Å². The largest absolute Gasteiger partial charge is 0.388 e. The molecule has 1 aromatic heterocycles. The molecule has 2 aromatic rings. The monoisotopic (exact) mass is 231 g/mol. The minimum absolute atomic E-state index is 0.349. The zero-order chi connectivity index (χ0) is 12.4. The lowest BCUT2D eigenvalue weighted by Gasteiger charge is -2.07. The molecule has 17 heavy (non-hydrogen) atoms. The van der Waals surface area contributed by atoms with Crippen LogP contribution in [0.5, 0.6) is 0 Å². The summed E-state index contributed by atoms with van der Waals surface area (Å²) in [7, 11) is 1.82. The summed E-state index contributed by atoms with van der Waals surface area (Å²) in [5.41, 5.74) is 1.40. The third-order valence-electron chi connectivity index (χ3n) is 2.55. The lowest BCUT2D eigenvalue weighted by molar-refractivity contribution is 0.880. The fraction of sp³-hybridized carbons (Fsp3) is 0.167. The predicted molar refractivity (Wildman–Crippen MR) is 66.9 cm³/mol. The maximum Gasteiger partial charge on any atom is 0.332 e. The van der Waals surface area contributed by atoms with Crippen molar-refractivity contribution >= 4 is 5.69 Å². The Morgan fingerprint density at radius 3 is 2.41 bits per heavy atom. The lowest BCUT2D eigenvalue weighted by atomic mass is 10.2. The van der Waals surface area contributed by atoms with Crippen LogP contribution >= 0.6 is 0 Å². The van der Waals surface area contributed by atoms with Gasteiger partial charge >= 0.3 is 5.69 Å². The van der Waals surface area contributed by atoms with Crippen molar-refractivity contribution in [3.8, 4) is 5.69 Å². The maximum atomic E-state index is 11.6. The van der Waals surface area contributed by atoms with Gasteiger partial charge in [0, 0.05) is 24.5 Å². The van der Waals surface area contributed by atoms with Gasteiger partial charge in [0.15, 0.2) is 0 Å². The molecule has 5 nitrogen and oxygen atoms in total. The molecule has 0 saturated carbocycles. The van der Waals surface area contributed by atoms with Gasteiger partial charge in [-0.3, -0.25) is 14.3 Å². The highest BCUT2D eigenvalue weighted by Gasteiger charge is 2.02. The number of aryl methyl sites for hydroxylation is 1. The van der Waals surface area contributed by atoms with Gasteiger partial charge in [-0.25, -0.2) is 4.79 Å². The Labute approximate surface area is 97.7 Å². The van der Waals surface area contributed by atoms with E-state index in [0.717, 1.165) is 5.69 Å². The second-order valence-corrected chi connectivity index (χ2v) is 3.74. The molecule has 0 unspecified atom stereocenters. The molecule has 0 radical (unpaired) electrons. The fourth-order valence-corrected chi connectivity index (χ4v) is 1.55. The molecule has 0 bridgehead atoms. The van der Waals surface area contributed by atoms with Gasteiger partial charge < -0.3 is 5.32 Å². The molecule has 0 fully saturated rings. The first-order valence-electron chi connectivity index (χ1n) is 5.22. The summed E-state index contributed by atoms with van der Waals surface area (Å²) >= 11 is 0. The first-order valence-corrected chi connectivity index (χ1v) is 5.22. The normalized spacial score (nSPS) is 10.2. The second kappa shape index (κ2) is 4.29. The third-order valence-corrected chi connectivity index (χ3v) is 2.55. The van der Waals surface area contributed by atoms with Gasteiger partial charge in [-0.1, -0.05) is 0 Å². The van der Waals surface area contributed by atoms with E-state index in [-0.39, 0.29) is 5.56 Å². The Bertz CT molecular complexity index is 638. The van der Waals surface area contributed by atoms with E-state index >= 15 is 0 Å². The first-order chi connectivity index (χ1) is 8.11. The van der Waals surface area contributed by atoms with Gasteiger partial charge in [0.05, 0.1) is 5.69 Å². The highest BCUT2D eigenvalue weighted by Crippen LogP contribution is 2.10. The number of aromatic nitrogens is 2. The van der Waals surface area contributed by atoms with Crippen molar-refractivity contribution in [2.75, 3.05) is 12.4 Å². The van der Waals surface area contributed by atoms with Crippen LogP contribution in [0.2, 0.25) is 0 Å². The quantitative estimate of drug-likeness (QED) is 0.806. The molecular formula is C12H13N3O2. The van der Waals surface area contributed by atoms with Crippen LogP contribution in [0.15, 0.2) is 40.1 Å². The Morgan fingerprint density at radius 2 is 1.82 bits per heavy atom. The molecule has 5 heteroatoms. The summed E-state index contributed by atoms with van der Waals surface area (Å²) in [5, 5.41) is 3.00. The summed E-state index contributed by atoms with van der Waals surface area (Å²) in [6.45, 7) is 1.66. The highest BCUT2D eigenvalue weighted by molar-refractivity contribution is 5.48. The van der Waals surface area contributed by atoms with Crippen LogP contribution in [-0.4, -0.2) is 16.6 Å². The van der Waals surface area contributed by atoms with Crippen molar-refractivity contribution in [3.05, 3.63) is 56.9 Å². The van der Waals surface area contributed by atoms with Crippen LogP contribution in [-0.2, 0) is 0 Å².